The summed E-state index contributed by atoms with van der Waals surface area (Å²) in [6.45, 7) is 0. The van der Waals surface area contributed by atoms with Gasteiger partial charge in [-0.05, 0) is 24.3 Å². The molecule has 3 rings (SSSR count). The van der Waals surface area contributed by atoms with Crippen molar-refractivity contribution in [1.29, 1.82) is 0 Å². The fraction of sp³-hybridized carbons (Fsp3) is 0.167. The van der Waals surface area contributed by atoms with Crippen LogP contribution in [0.1, 0.15) is 0 Å². The van der Waals surface area contributed by atoms with E-state index in [-0.39, 0.29) is 5.75 Å². The maximum atomic E-state index is 12.3. The van der Waals surface area contributed by atoms with Gasteiger partial charge in [0.2, 0.25) is 0 Å². The Kier molecular flexibility index (Phi) is 5.45. The van der Waals surface area contributed by atoms with Crippen molar-refractivity contribution in [2.75, 3.05) is 18.6 Å². The molecule has 0 fully saturated rings. The van der Waals surface area contributed by atoms with Crippen LogP contribution >= 0.6 is 11.8 Å². The minimum atomic E-state index is -3.28. The Hall–Kier alpha value is -2.25. The number of sulfone groups is 1. The van der Waals surface area contributed by atoms with Crippen LogP contribution in [-0.2, 0) is 9.84 Å². The van der Waals surface area contributed by atoms with Gasteiger partial charge in [-0.1, -0.05) is 36.0 Å². The lowest BCUT2D eigenvalue weighted by molar-refractivity contribution is 0.414. The molecule has 2 aromatic carbocycles. The van der Waals surface area contributed by atoms with E-state index in [0.717, 1.165) is 16.6 Å². The molecule has 0 atom stereocenters. The van der Waals surface area contributed by atoms with Gasteiger partial charge in [-0.15, -0.1) is 0 Å². The molecular weight excluding hydrogens is 356 g/mol. The molecule has 1 heterocycles. The van der Waals surface area contributed by atoms with E-state index in [1.807, 2.05) is 35.0 Å². The van der Waals surface area contributed by atoms with Crippen molar-refractivity contribution in [3.8, 4) is 11.4 Å². The summed E-state index contributed by atoms with van der Waals surface area (Å²) in [6, 6.07) is 16.2. The van der Waals surface area contributed by atoms with Gasteiger partial charge in [-0.3, -0.25) is 4.57 Å². The van der Waals surface area contributed by atoms with E-state index in [0.29, 0.717) is 10.6 Å². The van der Waals surface area contributed by atoms with Crippen molar-refractivity contribution in [3.05, 3.63) is 67.0 Å². The Labute approximate surface area is 151 Å². The highest BCUT2D eigenvalue weighted by Gasteiger charge is 2.15. The van der Waals surface area contributed by atoms with Gasteiger partial charge in [0.05, 0.1) is 23.4 Å². The predicted molar refractivity (Wildman–Crippen MR) is 99.3 cm³/mol. The number of aromatic nitrogens is 2. The van der Waals surface area contributed by atoms with Crippen molar-refractivity contribution in [2.45, 2.75) is 10.1 Å². The molecule has 0 unspecified atom stereocenters. The van der Waals surface area contributed by atoms with Crippen LogP contribution in [0.15, 0.2) is 77.0 Å². The molecule has 3 aromatic rings. The highest BCUT2D eigenvalue weighted by Crippen LogP contribution is 2.24. The monoisotopic (exact) mass is 374 g/mol. The van der Waals surface area contributed by atoms with Crippen LogP contribution in [0.2, 0.25) is 0 Å². The molecule has 130 valence electrons. The summed E-state index contributed by atoms with van der Waals surface area (Å²) in [5, 5.41) is 0.747. The largest absolute Gasteiger partial charge is 0.497 e. The molecule has 0 N–H and O–H groups in total. The average molecular weight is 374 g/mol. The molecule has 1 aromatic heterocycles. The molecule has 0 saturated carbocycles. The van der Waals surface area contributed by atoms with E-state index >= 15 is 0 Å². The molecule has 0 spiro atoms. The van der Waals surface area contributed by atoms with E-state index in [9.17, 15) is 8.42 Å². The number of rotatable bonds is 7. The Morgan fingerprint density at radius 3 is 2.68 bits per heavy atom. The Bertz CT molecular complexity index is 938. The zero-order valence-electron chi connectivity index (χ0n) is 13.7. The fourth-order valence-electron chi connectivity index (χ4n) is 2.34. The normalized spacial score (nSPS) is 11.4. The summed E-state index contributed by atoms with van der Waals surface area (Å²) in [6.07, 6.45) is 3.55. The van der Waals surface area contributed by atoms with E-state index in [4.69, 9.17) is 4.74 Å². The number of methoxy groups -OCH3 is 1. The average Bonchev–Trinajstić information content (AvgIpc) is 3.11. The number of benzene rings is 2. The van der Waals surface area contributed by atoms with Crippen LogP contribution in [0.4, 0.5) is 0 Å². The number of hydrogen-bond acceptors (Lipinski definition) is 5. The van der Waals surface area contributed by atoms with Crippen LogP contribution in [0.3, 0.4) is 0 Å². The second-order valence-electron chi connectivity index (χ2n) is 5.26. The molecule has 25 heavy (non-hydrogen) atoms. The number of nitrogens with zero attached hydrogens (tertiary/aromatic N) is 2. The number of ether oxygens (including phenoxy) is 1. The quantitative estimate of drug-likeness (QED) is 0.593. The molecular formula is C18H18N2O3S2. The highest BCUT2D eigenvalue weighted by molar-refractivity contribution is 8.00. The van der Waals surface area contributed by atoms with E-state index in [1.54, 1.807) is 43.6 Å². The molecule has 0 aliphatic heterocycles. The van der Waals surface area contributed by atoms with Gasteiger partial charge >= 0.3 is 0 Å². The summed E-state index contributed by atoms with van der Waals surface area (Å²) in [7, 11) is -1.66. The van der Waals surface area contributed by atoms with Gasteiger partial charge in [-0.2, -0.15) is 0 Å². The summed E-state index contributed by atoms with van der Waals surface area (Å²) in [4.78, 5) is 4.68. The van der Waals surface area contributed by atoms with Crippen molar-refractivity contribution >= 4 is 21.6 Å². The molecule has 5 nitrogen and oxygen atoms in total. The standard InChI is InChI=1S/C18H18N2O3S2/c1-23-16-7-5-6-15(14-16)20-11-10-19-18(20)24-12-13-25(21,22)17-8-3-2-4-9-17/h2-11,14H,12-13H2,1H3. The van der Waals surface area contributed by atoms with Crippen molar-refractivity contribution in [2.24, 2.45) is 0 Å². The van der Waals surface area contributed by atoms with Gasteiger partial charge in [0.15, 0.2) is 15.0 Å². The summed E-state index contributed by atoms with van der Waals surface area (Å²) in [5.41, 5.74) is 0.922. The first-order chi connectivity index (χ1) is 12.1. The first kappa shape index (κ1) is 17.6. The third-order valence-corrected chi connectivity index (χ3v) is 6.58. The van der Waals surface area contributed by atoms with Crippen molar-refractivity contribution in [1.82, 2.24) is 9.55 Å². The topological polar surface area (TPSA) is 61.2 Å². The predicted octanol–water partition coefficient (Wildman–Crippen LogP) is 3.45. The smallest absolute Gasteiger partial charge is 0.179 e. The van der Waals surface area contributed by atoms with Crippen molar-refractivity contribution < 1.29 is 13.2 Å². The van der Waals surface area contributed by atoms with Gasteiger partial charge in [0.25, 0.3) is 0 Å². The molecule has 7 heteroatoms. The minimum Gasteiger partial charge on any atom is -0.497 e. The third kappa shape index (κ3) is 4.24. The zero-order chi connectivity index (χ0) is 17.7. The maximum Gasteiger partial charge on any atom is 0.179 e. The maximum absolute atomic E-state index is 12.3. The molecule has 0 saturated heterocycles. The Balaban J connectivity index is 1.70. The minimum absolute atomic E-state index is 0.0622. The van der Waals surface area contributed by atoms with Crippen LogP contribution < -0.4 is 4.74 Å². The zero-order valence-corrected chi connectivity index (χ0v) is 15.3. The first-order valence-corrected chi connectivity index (χ1v) is 10.3. The van der Waals surface area contributed by atoms with Crippen LogP contribution in [0.5, 0.6) is 5.75 Å². The van der Waals surface area contributed by atoms with E-state index in [2.05, 4.69) is 4.98 Å². The van der Waals surface area contributed by atoms with Crippen LogP contribution in [0.25, 0.3) is 5.69 Å². The van der Waals surface area contributed by atoms with Gasteiger partial charge < -0.3 is 4.74 Å². The number of imidazole rings is 1. The lowest BCUT2D eigenvalue weighted by Gasteiger charge is -2.09. The Morgan fingerprint density at radius 1 is 1.12 bits per heavy atom. The number of thioether (sulfide) groups is 1. The molecule has 0 bridgehead atoms. The summed E-state index contributed by atoms with van der Waals surface area (Å²) < 4.78 is 31.9. The van der Waals surface area contributed by atoms with Crippen LogP contribution in [-0.4, -0.2) is 36.6 Å². The first-order valence-electron chi connectivity index (χ1n) is 7.68. The molecule has 0 radical (unpaired) electrons. The third-order valence-electron chi connectivity index (χ3n) is 3.62. The molecule has 0 amide bonds. The SMILES string of the molecule is COc1cccc(-n2ccnc2SCCS(=O)(=O)c2ccccc2)c1. The summed E-state index contributed by atoms with van der Waals surface area (Å²) in [5.74, 6) is 1.25. The molecule has 0 aliphatic rings. The summed E-state index contributed by atoms with van der Waals surface area (Å²) >= 11 is 1.42. The van der Waals surface area contributed by atoms with E-state index < -0.39 is 9.84 Å². The lowest BCUT2D eigenvalue weighted by atomic mass is 10.3. The molecule has 0 aliphatic carbocycles. The highest BCUT2D eigenvalue weighted by atomic mass is 32.2. The Morgan fingerprint density at radius 2 is 1.92 bits per heavy atom. The van der Waals surface area contributed by atoms with Gasteiger partial charge in [-0.25, -0.2) is 13.4 Å². The second kappa shape index (κ2) is 7.76. The number of hydrogen-bond donors (Lipinski definition) is 0. The van der Waals surface area contributed by atoms with Crippen LogP contribution in [0, 0.1) is 0 Å². The van der Waals surface area contributed by atoms with Crippen molar-refractivity contribution in [3.63, 3.8) is 0 Å². The van der Waals surface area contributed by atoms with Gasteiger partial charge in [0.1, 0.15) is 5.75 Å². The second-order valence-corrected chi connectivity index (χ2v) is 8.43. The fourth-order valence-corrected chi connectivity index (χ4v) is 4.98. The lowest BCUT2D eigenvalue weighted by Crippen LogP contribution is -2.09. The van der Waals surface area contributed by atoms with E-state index in [1.165, 1.54) is 11.8 Å². The van der Waals surface area contributed by atoms with Gasteiger partial charge in [0, 0.05) is 24.2 Å².